The zero-order valence-electron chi connectivity index (χ0n) is 13.9. The van der Waals surface area contributed by atoms with E-state index in [-0.39, 0.29) is 11.4 Å². The van der Waals surface area contributed by atoms with Gasteiger partial charge in [0.05, 0.1) is 11.1 Å². The molecule has 7 heteroatoms. The van der Waals surface area contributed by atoms with Crippen LogP contribution in [0.3, 0.4) is 0 Å². The SMILES string of the molecule is CCNC(=O)c1cccc(Nc2ccnc3cc(C(F)(F)F)ccc23)c1. The molecule has 0 aliphatic rings. The predicted molar refractivity (Wildman–Crippen MR) is 94.5 cm³/mol. The van der Waals surface area contributed by atoms with Gasteiger partial charge in [-0.2, -0.15) is 13.2 Å². The maximum atomic E-state index is 12.9. The van der Waals surface area contributed by atoms with Gasteiger partial charge in [-0.3, -0.25) is 9.78 Å². The third-order valence-electron chi connectivity index (χ3n) is 3.81. The fourth-order valence-electron chi connectivity index (χ4n) is 2.59. The normalized spacial score (nSPS) is 11.4. The number of hydrogen-bond donors (Lipinski definition) is 2. The topological polar surface area (TPSA) is 54.0 Å². The van der Waals surface area contributed by atoms with Crippen LogP contribution in [-0.2, 0) is 6.18 Å². The van der Waals surface area contributed by atoms with E-state index in [2.05, 4.69) is 15.6 Å². The number of carbonyl (C=O) groups is 1. The van der Waals surface area contributed by atoms with Gasteiger partial charge in [0.1, 0.15) is 0 Å². The van der Waals surface area contributed by atoms with Crippen LogP contribution in [0.1, 0.15) is 22.8 Å². The molecule has 2 aromatic carbocycles. The highest BCUT2D eigenvalue weighted by molar-refractivity contribution is 5.96. The van der Waals surface area contributed by atoms with Crippen LogP contribution >= 0.6 is 0 Å². The summed E-state index contributed by atoms with van der Waals surface area (Å²) in [4.78, 5) is 16.0. The van der Waals surface area contributed by atoms with Crippen LogP contribution in [0, 0.1) is 0 Å². The number of fused-ring (bicyclic) bond motifs is 1. The van der Waals surface area contributed by atoms with Crippen LogP contribution in [0.4, 0.5) is 24.5 Å². The second-order valence-electron chi connectivity index (χ2n) is 5.65. The molecule has 0 bridgehead atoms. The van der Waals surface area contributed by atoms with Gasteiger partial charge in [0, 0.05) is 35.1 Å². The molecule has 0 spiro atoms. The Morgan fingerprint density at radius 3 is 2.65 bits per heavy atom. The summed E-state index contributed by atoms with van der Waals surface area (Å²) in [5.41, 5.74) is 1.25. The number of alkyl halides is 3. The number of hydrogen-bond acceptors (Lipinski definition) is 3. The Bertz CT molecular complexity index is 954. The molecule has 0 saturated carbocycles. The van der Waals surface area contributed by atoms with E-state index in [0.29, 0.717) is 28.9 Å². The van der Waals surface area contributed by atoms with E-state index in [4.69, 9.17) is 0 Å². The van der Waals surface area contributed by atoms with Crippen LogP contribution in [0.5, 0.6) is 0 Å². The molecule has 4 nitrogen and oxygen atoms in total. The largest absolute Gasteiger partial charge is 0.416 e. The maximum Gasteiger partial charge on any atom is 0.416 e. The quantitative estimate of drug-likeness (QED) is 0.707. The summed E-state index contributed by atoms with van der Waals surface area (Å²) in [6, 6.07) is 12.0. The van der Waals surface area contributed by atoms with E-state index in [0.717, 1.165) is 12.1 Å². The van der Waals surface area contributed by atoms with Gasteiger partial charge in [0.15, 0.2) is 0 Å². The Balaban J connectivity index is 1.94. The average Bonchev–Trinajstić information content (AvgIpc) is 2.61. The zero-order chi connectivity index (χ0) is 18.7. The lowest BCUT2D eigenvalue weighted by Gasteiger charge is -2.12. The van der Waals surface area contributed by atoms with Crippen molar-refractivity contribution in [3.05, 3.63) is 65.9 Å². The molecule has 0 unspecified atom stereocenters. The number of nitrogens with zero attached hydrogens (tertiary/aromatic N) is 1. The van der Waals surface area contributed by atoms with E-state index in [1.165, 1.54) is 12.3 Å². The number of halogens is 3. The number of nitrogens with one attached hydrogen (secondary N) is 2. The van der Waals surface area contributed by atoms with Crippen molar-refractivity contribution >= 4 is 28.2 Å². The van der Waals surface area contributed by atoms with Gasteiger partial charge >= 0.3 is 6.18 Å². The first kappa shape index (κ1) is 17.7. The Labute approximate surface area is 148 Å². The van der Waals surface area contributed by atoms with Gasteiger partial charge in [-0.05, 0) is 43.3 Å². The van der Waals surface area contributed by atoms with E-state index in [1.807, 2.05) is 6.92 Å². The van der Waals surface area contributed by atoms with Crippen molar-refractivity contribution in [2.24, 2.45) is 0 Å². The maximum absolute atomic E-state index is 12.9. The minimum atomic E-state index is -4.42. The van der Waals surface area contributed by atoms with Crippen molar-refractivity contribution in [2.45, 2.75) is 13.1 Å². The molecule has 26 heavy (non-hydrogen) atoms. The van der Waals surface area contributed by atoms with Crippen molar-refractivity contribution in [1.29, 1.82) is 0 Å². The van der Waals surface area contributed by atoms with E-state index in [1.54, 1.807) is 30.3 Å². The van der Waals surface area contributed by atoms with Crippen molar-refractivity contribution in [1.82, 2.24) is 10.3 Å². The van der Waals surface area contributed by atoms with Gasteiger partial charge in [-0.25, -0.2) is 0 Å². The van der Waals surface area contributed by atoms with E-state index in [9.17, 15) is 18.0 Å². The highest BCUT2D eigenvalue weighted by atomic mass is 19.4. The van der Waals surface area contributed by atoms with Gasteiger partial charge in [-0.1, -0.05) is 12.1 Å². The zero-order valence-corrected chi connectivity index (χ0v) is 13.9. The van der Waals surface area contributed by atoms with Crippen molar-refractivity contribution in [3.8, 4) is 0 Å². The van der Waals surface area contributed by atoms with Crippen LogP contribution in [0.25, 0.3) is 10.9 Å². The third-order valence-corrected chi connectivity index (χ3v) is 3.81. The number of aromatic nitrogens is 1. The molecule has 0 atom stereocenters. The third kappa shape index (κ3) is 3.77. The average molecular weight is 359 g/mol. The molecular formula is C19H16F3N3O. The molecule has 0 aliphatic carbocycles. The summed E-state index contributed by atoms with van der Waals surface area (Å²) in [5, 5.41) is 6.42. The van der Waals surface area contributed by atoms with Gasteiger partial charge in [0.2, 0.25) is 0 Å². The van der Waals surface area contributed by atoms with Crippen molar-refractivity contribution in [3.63, 3.8) is 0 Å². The lowest BCUT2D eigenvalue weighted by Crippen LogP contribution is -2.22. The smallest absolute Gasteiger partial charge is 0.355 e. The highest BCUT2D eigenvalue weighted by Crippen LogP contribution is 2.33. The second kappa shape index (κ2) is 7.03. The van der Waals surface area contributed by atoms with Crippen LogP contribution in [0.15, 0.2) is 54.7 Å². The minimum Gasteiger partial charge on any atom is -0.355 e. The molecule has 0 aliphatic heterocycles. The summed E-state index contributed by atoms with van der Waals surface area (Å²) < 4.78 is 38.6. The fourth-order valence-corrected chi connectivity index (χ4v) is 2.59. The molecule has 2 N–H and O–H groups in total. The first-order chi connectivity index (χ1) is 12.4. The van der Waals surface area contributed by atoms with Gasteiger partial charge in [-0.15, -0.1) is 0 Å². The number of benzene rings is 2. The molecule has 0 radical (unpaired) electrons. The van der Waals surface area contributed by atoms with Crippen LogP contribution in [-0.4, -0.2) is 17.4 Å². The van der Waals surface area contributed by atoms with Crippen molar-refractivity contribution < 1.29 is 18.0 Å². The lowest BCUT2D eigenvalue weighted by molar-refractivity contribution is -0.137. The predicted octanol–water partition coefficient (Wildman–Crippen LogP) is 4.75. The summed E-state index contributed by atoms with van der Waals surface area (Å²) in [7, 11) is 0. The molecule has 3 aromatic rings. The molecule has 1 aromatic heterocycles. The standard InChI is InChI=1S/C19H16F3N3O/c1-2-23-18(26)12-4-3-5-14(10-12)25-16-8-9-24-17-11-13(19(20,21)22)6-7-15(16)17/h3-11H,2H2,1H3,(H,23,26)(H,24,25). The summed E-state index contributed by atoms with van der Waals surface area (Å²) in [6.07, 6.45) is -2.97. The monoisotopic (exact) mass is 359 g/mol. The van der Waals surface area contributed by atoms with Crippen LogP contribution in [0.2, 0.25) is 0 Å². The van der Waals surface area contributed by atoms with Gasteiger partial charge < -0.3 is 10.6 Å². The second-order valence-corrected chi connectivity index (χ2v) is 5.65. The molecular weight excluding hydrogens is 343 g/mol. The highest BCUT2D eigenvalue weighted by Gasteiger charge is 2.30. The van der Waals surface area contributed by atoms with Crippen LogP contribution < -0.4 is 10.6 Å². The number of amides is 1. The summed E-state index contributed by atoms with van der Waals surface area (Å²) in [5.74, 6) is -0.189. The molecule has 3 rings (SSSR count). The molecule has 1 amide bonds. The van der Waals surface area contributed by atoms with E-state index < -0.39 is 11.7 Å². The van der Waals surface area contributed by atoms with E-state index >= 15 is 0 Å². The minimum absolute atomic E-state index is 0.189. The first-order valence-corrected chi connectivity index (χ1v) is 7.99. The lowest BCUT2D eigenvalue weighted by atomic mass is 10.1. The number of pyridine rings is 1. The van der Waals surface area contributed by atoms with Gasteiger partial charge in [0.25, 0.3) is 5.91 Å². The number of rotatable bonds is 4. The molecule has 0 fully saturated rings. The summed E-state index contributed by atoms with van der Waals surface area (Å²) in [6.45, 7) is 2.35. The summed E-state index contributed by atoms with van der Waals surface area (Å²) >= 11 is 0. The fraction of sp³-hybridized carbons (Fsp3) is 0.158. The first-order valence-electron chi connectivity index (χ1n) is 7.99. The molecule has 1 heterocycles. The Kier molecular flexibility index (Phi) is 4.79. The molecule has 134 valence electrons. The molecule has 0 saturated heterocycles. The Morgan fingerprint density at radius 2 is 1.92 bits per heavy atom. The number of anilines is 2. The Morgan fingerprint density at radius 1 is 1.12 bits per heavy atom. The van der Waals surface area contributed by atoms with Crippen molar-refractivity contribution in [2.75, 3.05) is 11.9 Å². The Hall–Kier alpha value is -3.09. The number of carbonyl (C=O) groups excluding carboxylic acids is 1.